The smallest absolute Gasteiger partial charge is 0.253 e. The van der Waals surface area contributed by atoms with E-state index in [4.69, 9.17) is 0 Å². The van der Waals surface area contributed by atoms with Gasteiger partial charge in [0.25, 0.3) is 5.91 Å². The van der Waals surface area contributed by atoms with Crippen molar-refractivity contribution in [1.29, 1.82) is 0 Å². The molecule has 3 aromatic rings. The van der Waals surface area contributed by atoms with E-state index in [1.165, 1.54) is 0 Å². The van der Waals surface area contributed by atoms with Gasteiger partial charge in [-0.25, -0.2) is 4.98 Å². The molecule has 3 heterocycles. The minimum atomic E-state index is -0.665. The topological polar surface area (TPSA) is 71.8 Å². The second-order valence-electron chi connectivity index (χ2n) is 6.08. The molecule has 1 aliphatic rings. The van der Waals surface area contributed by atoms with Crippen LogP contribution >= 0.6 is 24.8 Å². The molecule has 0 radical (unpaired) electrons. The monoisotopic (exact) mass is 393 g/mol. The SMILES string of the molecule is Cl.Cl.O=C(Nc1ccc2ccccc2n1)C1(n2cccn2)CCNCC1. The average molecular weight is 394 g/mol. The van der Waals surface area contributed by atoms with Crippen LogP contribution in [-0.2, 0) is 10.3 Å². The molecule has 0 aliphatic carbocycles. The summed E-state index contributed by atoms with van der Waals surface area (Å²) in [5.74, 6) is 0.513. The fourth-order valence-electron chi connectivity index (χ4n) is 3.29. The second-order valence-corrected chi connectivity index (χ2v) is 6.08. The Morgan fingerprint density at radius 2 is 1.85 bits per heavy atom. The molecule has 1 fully saturated rings. The van der Waals surface area contributed by atoms with Crippen LogP contribution in [0.15, 0.2) is 54.9 Å². The number of carbonyl (C=O) groups is 1. The Hall–Kier alpha value is -2.15. The van der Waals surface area contributed by atoms with Crippen LogP contribution in [0.1, 0.15) is 12.8 Å². The van der Waals surface area contributed by atoms with Crippen molar-refractivity contribution in [2.24, 2.45) is 0 Å². The molecule has 2 aromatic heterocycles. The molecule has 1 aliphatic heterocycles. The maximum atomic E-state index is 13.1. The van der Waals surface area contributed by atoms with Gasteiger partial charge >= 0.3 is 0 Å². The molecule has 0 bridgehead atoms. The summed E-state index contributed by atoms with van der Waals surface area (Å²) < 4.78 is 1.78. The Labute approximate surface area is 164 Å². The molecule has 138 valence electrons. The summed E-state index contributed by atoms with van der Waals surface area (Å²) in [5.41, 5.74) is 0.205. The molecule has 4 rings (SSSR count). The highest BCUT2D eigenvalue weighted by molar-refractivity contribution is 5.97. The van der Waals surface area contributed by atoms with Crippen molar-refractivity contribution in [3.63, 3.8) is 0 Å². The van der Waals surface area contributed by atoms with E-state index < -0.39 is 5.54 Å². The minimum absolute atomic E-state index is 0. The lowest BCUT2D eigenvalue weighted by Gasteiger charge is -2.36. The van der Waals surface area contributed by atoms with E-state index in [9.17, 15) is 4.79 Å². The van der Waals surface area contributed by atoms with Gasteiger partial charge in [0.15, 0.2) is 0 Å². The number of hydrogen-bond acceptors (Lipinski definition) is 4. The molecular weight excluding hydrogens is 373 g/mol. The van der Waals surface area contributed by atoms with Crippen molar-refractivity contribution < 1.29 is 4.79 Å². The first-order valence-corrected chi connectivity index (χ1v) is 8.16. The molecule has 1 amide bonds. The first kappa shape index (κ1) is 20.2. The molecular formula is C18H21Cl2N5O. The molecule has 6 nitrogen and oxygen atoms in total. The third-order valence-corrected chi connectivity index (χ3v) is 4.64. The summed E-state index contributed by atoms with van der Waals surface area (Å²) in [6, 6.07) is 13.5. The van der Waals surface area contributed by atoms with Crippen molar-refractivity contribution in [2.45, 2.75) is 18.4 Å². The van der Waals surface area contributed by atoms with E-state index in [2.05, 4.69) is 20.7 Å². The zero-order valence-electron chi connectivity index (χ0n) is 14.1. The summed E-state index contributed by atoms with van der Waals surface area (Å²) in [7, 11) is 0. The quantitative estimate of drug-likeness (QED) is 0.717. The van der Waals surface area contributed by atoms with E-state index in [0.29, 0.717) is 18.7 Å². The van der Waals surface area contributed by atoms with Crippen LogP contribution in [0.4, 0.5) is 5.82 Å². The first-order valence-electron chi connectivity index (χ1n) is 8.16. The predicted octanol–water partition coefficient (Wildman–Crippen LogP) is 2.99. The maximum absolute atomic E-state index is 13.1. The number of hydrogen-bond donors (Lipinski definition) is 2. The summed E-state index contributed by atoms with van der Waals surface area (Å²) in [6.45, 7) is 1.58. The maximum Gasteiger partial charge on any atom is 0.253 e. The van der Waals surface area contributed by atoms with Crippen LogP contribution in [0, 0.1) is 0 Å². The number of nitrogens with zero attached hydrogens (tertiary/aromatic N) is 3. The number of amides is 1. The van der Waals surface area contributed by atoms with E-state index in [-0.39, 0.29) is 30.7 Å². The van der Waals surface area contributed by atoms with Gasteiger partial charge in [0.1, 0.15) is 11.4 Å². The van der Waals surface area contributed by atoms with E-state index in [1.807, 2.05) is 48.7 Å². The van der Waals surface area contributed by atoms with Crippen molar-refractivity contribution in [3.8, 4) is 0 Å². The van der Waals surface area contributed by atoms with Gasteiger partial charge in [-0.05, 0) is 50.2 Å². The summed E-state index contributed by atoms with van der Waals surface area (Å²) in [4.78, 5) is 17.6. The second kappa shape index (κ2) is 8.49. The van der Waals surface area contributed by atoms with Gasteiger partial charge in [-0.3, -0.25) is 9.48 Å². The highest BCUT2D eigenvalue weighted by Crippen LogP contribution is 2.28. The predicted molar refractivity (Wildman–Crippen MR) is 107 cm³/mol. The van der Waals surface area contributed by atoms with Gasteiger partial charge < -0.3 is 10.6 Å². The summed E-state index contributed by atoms with van der Waals surface area (Å²) >= 11 is 0. The Bertz CT molecular complexity index is 863. The molecule has 0 saturated carbocycles. The number of pyridine rings is 1. The first-order chi connectivity index (χ1) is 11.8. The van der Waals surface area contributed by atoms with Gasteiger partial charge in [0.2, 0.25) is 0 Å². The molecule has 2 N–H and O–H groups in total. The zero-order valence-corrected chi connectivity index (χ0v) is 15.7. The fourth-order valence-corrected chi connectivity index (χ4v) is 3.29. The Morgan fingerprint density at radius 3 is 2.58 bits per heavy atom. The van der Waals surface area contributed by atoms with Gasteiger partial charge in [0, 0.05) is 17.8 Å². The normalized spacial score (nSPS) is 15.5. The number of rotatable bonds is 3. The number of fused-ring (bicyclic) bond motifs is 1. The van der Waals surface area contributed by atoms with Gasteiger partial charge in [-0.15, -0.1) is 24.8 Å². The van der Waals surface area contributed by atoms with Crippen molar-refractivity contribution in [1.82, 2.24) is 20.1 Å². The Morgan fingerprint density at radius 1 is 1.08 bits per heavy atom. The Balaban J connectivity index is 0.00000121. The molecule has 26 heavy (non-hydrogen) atoms. The molecule has 8 heteroatoms. The number of nitrogens with one attached hydrogen (secondary N) is 2. The van der Waals surface area contributed by atoms with Crippen molar-refractivity contribution in [2.75, 3.05) is 18.4 Å². The fraction of sp³-hybridized carbons (Fsp3) is 0.278. The van der Waals surface area contributed by atoms with Crippen LogP contribution in [0.3, 0.4) is 0 Å². The van der Waals surface area contributed by atoms with Gasteiger partial charge in [0.05, 0.1) is 5.52 Å². The molecule has 0 spiro atoms. The summed E-state index contributed by atoms with van der Waals surface area (Å²) in [5, 5.41) is 11.7. The van der Waals surface area contributed by atoms with Gasteiger partial charge in [-0.1, -0.05) is 18.2 Å². The number of carbonyl (C=O) groups excluding carboxylic acids is 1. The minimum Gasteiger partial charge on any atom is -0.317 e. The van der Waals surface area contributed by atoms with Crippen LogP contribution in [0.5, 0.6) is 0 Å². The summed E-state index contributed by atoms with van der Waals surface area (Å²) in [6.07, 6.45) is 4.98. The number of anilines is 1. The largest absolute Gasteiger partial charge is 0.317 e. The lowest BCUT2D eigenvalue weighted by Crippen LogP contribution is -2.52. The van der Waals surface area contributed by atoms with Crippen LogP contribution in [-0.4, -0.2) is 33.8 Å². The molecule has 1 aromatic carbocycles. The lowest BCUT2D eigenvalue weighted by atomic mass is 9.87. The number of para-hydroxylation sites is 1. The van der Waals surface area contributed by atoms with E-state index in [1.54, 1.807) is 10.9 Å². The van der Waals surface area contributed by atoms with E-state index >= 15 is 0 Å². The zero-order chi connectivity index (χ0) is 16.4. The third-order valence-electron chi connectivity index (χ3n) is 4.64. The lowest BCUT2D eigenvalue weighted by molar-refractivity contribution is -0.126. The molecule has 1 saturated heterocycles. The van der Waals surface area contributed by atoms with Crippen LogP contribution in [0.2, 0.25) is 0 Å². The van der Waals surface area contributed by atoms with Gasteiger partial charge in [-0.2, -0.15) is 5.10 Å². The molecule has 0 atom stereocenters. The number of halogens is 2. The third kappa shape index (κ3) is 3.67. The van der Waals surface area contributed by atoms with Crippen LogP contribution in [0.25, 0.3) is 10.9 Å². The highest BCUT2D eigenvalue weighted by Gasteiger charge is 2.42. The van der Waals surface area contributed by atoms with Crippen molar-refractivity contribution >= 4 is 47.4 Å². The highest BCUT2D eigenvalue weighted by atomic mass is 35.5. The standard InChI is InChI=1S/C18H19N5O.2ClH/c24-17(18(8-11-19-12-9-18)23-13-3-10-20-23)22-16-7-6-14-4-1-2-5-15(14)21-16;;/h1-7,10,13,19H,8-9,11-12H2,(H,21,22,24);2*1H. The Kier molecular flexibility index (Phi) is 6.58. The average Bonchev–Trinajstić information content (AvgIpc) is 3.17. The number of aromatic nitrogens is 3. The number of piperidine rings is 1. The van der Waals surface area contributed by atoms with Crippen LogP contribution < -0.4 is 10.6 Å². The van der Waals surface area contributed by atoms with E-state index in [0.717, 1.165) is 24.0 Å². The number of benzene rings is 1. The van der Waals surface area contributed by atoms with Crippen molar-refractivity contribution in [3.05, 3.63) is 54.9 Å². The molecule has 0 unspecified atom stereocenters.